The summed E-state index contributed by atoms with van der Waals surface area (Å²) < 4.78 is 27.5. The fourth-order valence-corrected chi connectivity index (χ4v) is 4.48. The molecule has 0 bridgehead atoms. The predicted octanol–water partition coefficient (Wildman–Crippen LogP) is 3.84. The van der Waals surface area contributed by atoms with Crippen molar-refractivity contribution >= 4 is 40.3 Å². The third-order valence-corrected chi connectivity index (χ3v) is 6.05. The molecule has 7 nitrogen and oxygen atoms in total. The summed E-state index contributed by atoms with van der Waals surface area (Å²) in [7, 11) is 4.63. The minimum Gasteiger partial charge on any atom is -0.493 e. The van der Waals surface area contributed by atoms with Crippen molar-refractivity contribution in [2.75, 3.05) is 28.1 Å². The lowest BCUT2D eigenvalue weighted by molar-refractivity contribution is -0.122. The second-order valence-corrected chi connectivity index (χ2v) is 8.05. The Bertz CT molecular complexity index is 1050. The number of hydrogen-bond acceptors (Lipinski definition) is 8. The molecule has 30 heavy (non-hydrogen) atoms. The lowest BCUT2D eigenvalue weighted by Gasteiger charge is -2.15. The van der Waals surface area contributed by atoms with Gasteiger partial charge in [0, 0.05) is 5.56 Å². The van der Waals surface area contributed by atoms with E-state index in [1.807, 2.05) is 24.3 Å². The number of fused-ring (bicyclic) bond motifs is 1. The van der Waals surface area contributed by atoms with Crippen molar-refractivity contribution in [3.05, 3.63) is 46.4 Å². The third-order valence-electron chi connectivity index (χ3n) is 4.67. The van der Waals surface area contributed by atoms with Crippen LogP contribution in [0.5, 0.6) is 28.7 Å². The number of benzene rings is 2. The van der Waals surface area contributed by atoms with Gasteiger partial charge in [-0.05, 0) is 35.9 Å². The summed E-state index contributed by atoms with van der Waals surface area (Å²) in [5.74, 6) is 2.69. The largest absolute Gasteiger partial charge is 0.493 e. The van der Waals surface area contributed by atoms with Crippen LogP contribution < -0.4 is 23.7 Å². The van der Waals surface area contributed by atoms with E-state index >= 15 is 0 Å². The van der Waals surface area contributed by atoms with Crippen LogP contribution in [-0.2, 0) is 11.3 Å². The summed E-state index contributed by atoms with van der Waals surface area (Å²) in [6, 6.07) is 9.17. The average molecular weight is 446 g/mol. The van der Waals surface area contributed by atoms with Gasteiger partial charge in [0.05, 0.1) is 32.8 Å². The van der Waals surface area contributed by atoms with Crippen LogP contribution in [0.15, 0.2) is 35.2 Å². The van der Waals surface area contributed by atoms with Crippen LogP contribution in [0.25, 0.3) is 6.08 Å². The molecule has 0 spiro atoms. The summed E-state index contributed by atoms with van der Waals surface area (Å²) in [5.41, 5.74) is 1.60. The van der Waals surface area contributed by atoms with E-state index in [4.69, 9.17) is 35.9 Å². The van der Waals surface area contributed by atoms with Crippen molar-refractivity contribution in [3.63, 3.8) is 0 Å². The monoisotopic (exact) mass is 445 g/mol. The molecule has 0 aliphatic carbocycles. The molecule has 9 heteroatoms. The summed E-state index contributed by atoms with van der Waals surface area (Å²) in [4.78, 5) is 15.1. The normalized spacial score (nSPS) is 16.4. The molecular weight excluding hydrogens is 426 g/mol. The molecule has 2 aliphatic rings. The van der Waals surface area contributed by atoms with E-state index < -0.39 is 0 Å². The molecule has 0 saturated carbocycles. The van der Waals surface area contributed by atoms with Crippen LogP contribution in [0.3, 0.4) is 0 Å². The van der Waals surface area contributed by atoms with E-state index in [-0.39, 0.29) is 12.7 Å². The fraction of sp³-hybridized carbons (Fsp3) is 0.238. The van der Waals surface area contributed by atoms with Gasteiger partial charge in [-0.3, -0.25) is 9.69 Å². The van der Waals surface area contributed by atoms with Crippen LogP contribution >= 0.6 is 24.0 Å². The Morgan fingerprint density at radius 2 is 1.83 bits per heavy atom. The van der Waals surface area contributed by atoms with Gasteiger partial charge in [-0.2, -0.15) is 0 Å². The van der Waals surface area contributed by atoms with E-state index in [0.29, 0.717) is 50.1 Å². The molecule has 0 atom stereocenters. The number of thiocarbonyl (C=S) groups is 1. The highest BCUT2D eigenvalue weighted by molar-refractivity contribution is 8.26. The van der Waals surface area contributed by atoms with Gasteiger partial charge in [0.25, 0.3) is 5.91 Å². The zero-order valence-electron chi connectivity index (χ0n) is 16.6. The number of carbonyl (C=O) groups excluding carboxylic acids is 1. The van der Waals surface area contributed by atoms with Crippen molar-refractivity contribution in [3.8, 4) is 28.7 Å². The van der Waals surface area contributed by atoms with E-state index in [2.05, 4.69) is 0 Å². The van der Waals surface area contributed by atoms with Crippen molar-refractivity contribution < 1.29 is 28.5 Å². The molecule has 0 radical (unpaired) electrons. The number of thioether (sulfide) groups is 1. The topological polar surface area (TPSA) is 66.5 Å². The van der Waals surface area contributed by atoms with Gasteiger partial charge < -0.3 is 23.7 Å². The van der Waals surface area contributed by atoms with Gasteiger partial charge in [-0.15, -0.1) is 0 Å². The molecule has 2 aliphatic heterocycles. The van der Waals surface area contributed by atoms with Crippen LogP contribution in [0.1, 0.15) is 11.1 Å². The zero-order chi connectivity index (χ0) is 21.3. The highest BCUT2D eigenvalue weighted by atomic mass is 32.2. The highest BCUT2D eigenvalue weighted by Crippen LogP contribution is 2.42. The lowest BCUT2D eigenvalue weighted by atomic mass is 10.1. The molecule has 0 aromatic heterocycles. The van der Waals surface area contributed by atoms with Gasteiger partial charge >= 0.3 is 0 Å². The number of amides is 1. The number of ether oxygens (including phenoxy) is 5. The molecule has 2 heterocycles. The molecule has 1 amide bonds. The quantitative estimate of drug-likeness (QED) is 0.491. The van der Waals surface area contributed by atoms with Gasteiger partial charge in [0.1, 0.15) is 4.32 Å². The Balaban J connectivity index is 1.60. The average Bonchev–Trinajstić information content (AvgIpc) is 3.32. The van der Waals surface area contributed by atoms with Crippen molar-refractivity contribution in [2.24, 2.45) is 0 Å². The summed E-state index contributed by atoms with van der Waals surface area (Å²) in [6.07, 6.45) is 1.75. The molecule has 156 valence electrons. The van der Waals surface area contributed by atoms with Gasteiger partial charge in [-0.25, -0.2) is 0 Å². The van der Waals surface area contributed by atoms with E-state index in [1.54, 1.807) is 31.3 Å². The first-order chi connectivity index (χ1) is 14.5. The smallest absolute Gasteiger partial charge is 0.266 e. The first-order valence-electron chi connectivity index (χ1n) is 8.98. The number of carbonyl (C=O) groups is 1. The predicted molar refractivity (Wildman–Crippen MR) is 117 cm³/mol. The molecule has 4 rings (SSSR count). The van der Waals surface area contributed by atoms with E-state index in [0.717, 1.165) is 5.56 Å². The Morgan fingerprint density at radius 1 is 1.07 bits per heavy atom. The maximum Gasteiger partial charge on any atom is 0.266 e. The maximum atomic E-state index is 13.0. The second kappa shape index (κ2) is 8.45. The SMILES string of the molecule is COc1ccc(/C=C2\SC(=S)N(Cc3ccc4c(c3)OCO4)C2=O)c(OC)c1OC. The molecule has 2 aromatic carbocycles. The zero-order valence-corrected chi connectivity index (χ0v) is 18.2. The Labute approximate surface area is 183 Å². The molecule has 0 N–H and O–H groups in total. The van der Waals surface area contributed by atoms with E-state index in [9.17, 15) is 4.79 Å². The Morgan fingerprint density at radius 3 is 2.57 bits per heavy atom. The molecular formula is C21H19NO6S2. The third kappa shape index (κ3) is 3.66. The van der Waals surface area contributed by atoms with E-state index in [1.165, 1.54) is 18.9 Å². The van der Waals surface area contributed by atoms with Crippen LogP contribution in [0, 0.1) is 0 Å². The number of nitrogens with zero attached hydrogens (tertiary/aromatic N) is 1. The second-order valence-electron chi connectivity index (χ2n) is 6.38. The minimum atomic E-state index is -0.167. The lowest BCUT2D eigenvalue weighted by Crippen LogP contribution is -2.27. The highest BCUT2D eigenvalue weighted by Gasteiger charge is 2.33. The van der Waals surface area contributed by atoms with Crippen LogP contribution in [0.2, 0.25) is 0 Å². The Kier molecular flexibility index (Phi) is 5.74. The molecule has 1 saturated heterocycles. The fourth-order valence-electron chi connectivity index (χ4n) is 3.24. The number of methoxy groups -OCH3 is 3. The number of hydrogen-bond donors (Lipinski definition) is 0. The Hall–Kier alpha value is -2.91. The molecule has 0 unspecified atom stereocenters. The van der Waals surface area contributed by atoms with Crippen molar-refractivity contribution in [2.45, 2.75) is 6.54 Å². The first kappa shape index (κ1) is 20.4. The van der Waals surface area contributed by atoms with Crippen LogP contribution in [-0.4, -0.2) is 43.2 Å². The molecule has 2 aromatic rings. The summed E-state index contributed by atoms with van der Waals surface area (Å²) in [5, 5.41) is 0. The minimum absolute atomic E-state index is 0.167. The standard InChI is InChI=1S/C21H19NO6S2/c1-24-15-7-5-13(18(25-2)19(15)26-3)9-17-20(23)22(21(29)30-17)10-12-4-6-14-16(8-12)28-11-27-14/h4-9H,10-11H2,1-3H3/b17-9-. The maximum absolute atomic E-state index is 13.0. The number of rotatable bonds is 6. The van der Waals surface area contributed by atoms with Gasteiger partial charge in [0.2, 0.25) is 12.5 Å². The van der Waals surface area contributed by atoms with Crippen LogP contribution in [0.4, 0.5) is 0 Å². The first-order valence-corrected chi connectivity index (χ1v) is 10.2. The summed E-state index contributed by atoms with van der Waals surface area (Å²) >= 11 is 6.70. The van der Waals surface area contributed by atoms with Gasteiger partial charge in [0.15, 0.2) is 23.0 Å². The van der Waals surface area contributed by atoms with Crippen molar-refractivity contribution in [1.82, 2.24) is 4.90 Å². The summed E-state index contributed by atoms with van der Waals surface area (Å²) in [6.45, 7) is 0.553. The molecule has 1 fully saturated rings. The van der Waals surface area contributed by atoms with Crippen molar-refractivity contribution in [1.29, 1.82) is 0 Å². The van der Waals surface area contributed by atoms with Gasteiger partial charge in [-0.1, -0.05) is 30.0 Å².